The molecule has 1 atom stereocenters. The summed E-state index contributed by atoms with van der Waals surface area (Å²) in [5, 5.41) is 9.92. The number of para-hydroxylation sites is 2. The summed E-state index contributed by atoms with van der Waals surface area (Å²) in [6.07, 6.45) is 1.79. The van der Waals surface area contributed by atoms with E-state index in [1.54, 1.807) is 13.3 Å². The standard InChI is InChI=1S/C26H22N4O2S/c1-30-25(19-13-7-9-15-22(19)32-2)28-29-26(30)33-24(17-10-4-3-5-11-17)23(31)20-16-27-21-14-8-6-12-18(20)21/h3-16,24,27H,1-2H3/t24-/m1/s1. The molecule has 164 valence electrons. The van der Waals surface area contributed by atoms with E-state index >= 15 is 0 Å². The molecular formula is C26H22N4O2S. The number of hydrogen-bond acceptors (Lipinski definition) is 5. The van der Waals surface area contributed by atoms with Crippen molar-refractivity contribution in [1.29, 1.82) is 0 Å². The van der Waals surface area contributed by atoms with Gasteiger partial charge in [0.05, 0.1) is 12.7 Å². The van der Waals surface area contributed by atoms with Crippen LogP contribution in [0, 0.1) is 0 Å². The van der Waals surface area contributed by atoms with Gasteiger partial charge in [0, 0.05) is 29.7 Å². The average molecular weight is 455 g/mol. The van der Waals surface area contributed by atoms with Crippen molar-refractivity contribution in [2.45, 2.75) is 10.4 Å². The number of nitrogens with zero attached hydrogens (tertiary/aromatic N) is 3. The lowest BCUT2D eigenvalue weighted by Crippen LogP contribution is -2.11. The minimum atomic E-state index is -0.473. The zero-order valence-corrected chi connectivity index (χ0v) is 19.0. The van der Waals surface area contributed by atoms with Crippen LogP contribution in [0.5, 0.6) is 5.75 Å². The third-order valence-corrected chi connectivity index (χ3v) is 6.89. The molecule has 0 saturated carbocycles. The van der Waals surface area contributed by atoms with Gasteiger partial charge in [0.25, 0.3) is 0 Å². The minimum absolute atomic E-state index is 0.0190. The largest absolute Gasteiger partial charge is 0.496 e. The van der Waals surface area contributed by atoms with E-state index in [0.717, 1.165) is 27.8 Å². The number of carbonyl (C=O) groups is 1. The Morgan fingerprint density at radius 1 is 0.970 bits per heavy atom. The van der Waals surface area contributed by atoms with E-state index in [2.05, 4.69) is 15.2 Å². The van der Waals surface area contributed by atoms with Gasteiger partial charge in [-0.3, -0.25) is 4.79 Å². The van der Waals surface area contributed by atoms with Crippen LogP contribution < -0.4 is 4.74 Å². The van der Waals surface area contributed by atoms with Crippen LogP contribution in [-0.4, -0.2) is 32.6 Å². The van der Waals surface area contributed by atoms with Gasteiger partial charge in [-0.2, -0.15) is 0 Å². The molecule has 3 aromatic carbocycles. The van der Waals surface area contributed by atoms with Crippen molar-refractivity contribution in [2.75, 3.05) is 7.11 Å². The highest BCUT2D eigenvalue weighted by molar-refractivity contribution is 8.00. The van der Waals surface area contributed by atoms with Crippen LogP contribution in [0.25, 0.3) is 22.3 Å². The van der Waals surface area contributed by atoms with E-state index in [0.29, 0.717) is 16.5 Å². The fourth-order valence-corrected chi connectivity index (χ4v) is 4.97. The Morgan fingerprint density at radius 2 is 1.70 bits per heavy atom. The number of H-pyrrole nitrogens is 1. The molecule has 5 rings (SSSR count). The second kappa shape index (κ2) is 8.96. The first-order chi connectivity index (χ1) is 16.2. The molecule has 0 bridgehead atoms. The summed E-state index contributed by atoms with van der Waals surface area (Å²) in [6.45, 7) is 0. The lowest BCUT2D eigenvalue weighted by atomic mass is 10.0. The zero-order chi connectivity index (χ0) is 22.8. The van der Waals surface area contributed by atoms with E-state index in [9.17, 15) is 4.79 Å². The van der Waals surface area contributed by atoms with E-state index in [1.807, 2.05) is 90.5 Å². The molecule has 33 heavy (non-hydrogen) atoms. The Kier molecular flexibility index (Phi) is 5.71. The highest BCUT2D eigenvalue weighted by atomic mass is 32.2. The maximum absolute atomic E-state index is 13.8. The molecule has 5 aromatic rings. The van der Waals surface area contributed by atoms with Gasteiger partial charge in [0.15, 0.2) is 16.8 Å². The van der Waals surface area contributed by atoms with Crippen molar-refractivity contribution in [3.8, 4) is 17.1 Å². The lowest BCUT2D eigenvalue weighted by molar-refractivity contribution is 0.0991. The second-order valence-corrected chi connectivity index (χ2v) is 8.66. The van der Waals surface area contributed by atoms with Gasteiger partial charge >= 0.3 is 0 Å². The molecule has 0 aliphatic carbocycles. The van der Waals surface area contributed by atoms with Gasteiger partial charge < -0.3 is 14.3 Å². The third kappa shape index (κ3) is 3.91. The topological polar surface area (TPSA) is 72.8 Å². The quantitative estimate of drug-likeness (QED) is 0.253. The Bertz CT molecular complexity index is 1420. The summed E-state index contributed by atoms with van der Waals surface area (Å²) in [6, 6.07) is 25.3. The van der Waals surface area contributed by atoms with Gasteiger partial charge in [-0.15, -0.1) is 10.2 Å². The number of rotatable bonds is 7. The summed E-state index contributed by atoms with van der Waals surface area (Å²) in [5.41, 5.74) is 3.37. The van der Waals surface area contributed by atoms with Crippen molar-refractivity contribution in [3.05, 3.63) is 96.2 Å². The van der Waals surface area contributed by atoms with Crippen molar-refractivity contribution in [2.24, 2.45) is 7.05 Å². The monoisotopic (exact) mass is 454 g/mol. The Balaban J connectivity index is 1.54. The van der Waals surface area contributed by atoms with Crippen LogP contribution in [0.15, 0.2) is 90.2 Å². The van der Waals surface area contributed by atoms with Crippen molar-refractivity contribution >= 4 is 28.4 Å². The van der Waals surface area contributed by atoms with Crippen LogP contribution in [0.3, 0.4) is 0 Å². The number of thioether (sulfide) groups is 1. The number of hydrogen-bond donors (Lipinski definition) is 1. The number of Topliss-reactive ketones (excluding diaryl/α,β-unsaturated/α-hetero) is 1. The highest BCUT2D eigenvalue weighted by Crippen LogP contribution is 2.39. The number of ether oxygens (including phenoxy) is 1. The molecule has 0 aliphatic heterocycles. The number of ketones is 1. The number of methoxy groups -OCH3 is 1. The maximum atomic E-state index is 13.8. The molecule has 0 amide bonds. The number of aromatic amines is 1. The lowest BCUT2D eigenvalue weighted by Gasteiger charge is -2.15. The van der Waals surface area contributed by atoms with E-state index in [4.69, 9.17) is 4.74 Å². The molecule has 0 fully saturated rings. The first kappa shape index (κ1) is 21.0. The van der Waals surface area contributed by atoms with Crippen LogP contribution in [0.2, 0.25) is 0 Å². The van der Waals surface area contributed by atoms with Crippen LogP contribution in [0.1, 0.15) is 21.2 Å². The molecule has 0 saturated heterocycles. The van der Waals surface area contributed by atoms with Crippen LogP contribution in [0.4, 0.5) is 0 Å². The maximum Gasteiger partial charge on any atom is 0.192 e. The Hall–Kier alpha value is -3.84. The second-order valence-electron chi connectivity index (χ2n) is 7.59. The van der Waals surface area contributed by atoms with E-state index < -0.39 is 5.25 Å². The highest BCUT2D eigenvalue weighted by Gasteiger charge is 2.28. The number of carbonyl (C=O) groups excluding carboxylic acids is 1. The molecule has 2 heterocycles. The molecule has 0 unspecified atom stereocenters. The molecule has 7 heteroatoms. The Morgan fingerprint density at radius 3 is 2.52 bits per heavy atom. The van der Waals surface area contributed by atoms with Crippen molar-refractivity contribution < 1.29 is 9.53 Å². The van der Waals surface area contributed by atoms with Crippen molar-refractivity contribution in [1.82, 2.24) is 19.7 Å². The number of benzene rings is 3. The molecule has 0 radical (unpaired) electrons. The fourth-order valence-electron chi connectivity index (χ4n) is 3.90. The first-order valence-electron chi connectivity index (χ1n) is 10.5. The molecule has 2 aromatic heterocycles. The number of aromatic nitrogens is 4. The molecule has 1 N–H and O–H groups in total. The normalized spacial score (nSPS) is 12.1. The van der Waals surface area contributed by atoms with Gasteiger partial charge in [-0.1, -0.05) is 72.4 Å². The fraction of sp³-hybridized carbons (Fsp3) is 0.115. The first-order valence-corrected chi connectivity index (χ1v) is 11.4. The third-order valence-electron chi connectivity index (χ3n) is 5.60. The summed E-state index contributed by atoms with van der Waals surface area (Å²) in [7, 11) is 3.54. The smallest absolute Gasteiger partial charge is 0.192 e. The molecular weight excluding hydrogens is 432 g/mol. The van der Waals surface area contributed by atoms with Crippen LogP contribution >= 0.6 is 11.8 Å². The summed E-state index contributed by atoms with van der Waals surface area (Å²) < 4.78 is 7.40. The van der Waals surface area contributed by atoms with Gasteiger partial charge in [0.2, 0.25) is 0 Å². The van der Waals surface area contributed by atoms with Gasteiger partial charge in [0.1, 0.15) is 11.0 Å². The SMILES string of the molecule is COc1ccccc1-c1nnc(S[C@@H](C(=O)c2c[nH]c3ccccc23)c2ccccc2)n1C. The molecule has 6 nitrogen and oxygen atoms in total. The van der Waals surface area contributed by atoms with Gasteiger partial charge in [-0.05, 0) is 23.8 Å². The predicted molar refractivity (Wildman–Crippen MR) is 131 cm³/mol. The zero-order valence-electron chi connectivity index (χ0n) is 18.2. The van der Waals surface area contributed by atoms with E-state index in [1.165, 1.54) is 11.8 Å². The summed E-state index contributed by atoms with van der Waals surface area (Å²) >= 11 is 1.40. The average Bonchev–Trinajstić information content (AvgIpc) is 3.46. The summed E-state index contributed by atoms with van der Waals surface area (Å²) in [5.74, 6) is 1.42. The minimum Gasteiger partial charge on any atom is -0.496 e. The van der Waals surface area contributed by atoms with Crippen LogP contribution in [-0.2, 0) is 7.05 Å². The molecule has 0 aliphatic rings. The summed E-state index contributed by atoms with van der Waals surface area (Å²) in [4.78, 5) is 17.0. The Labute approximate surface area is 195 Å². The molecule has 0 spiro atoms. The van der Waals surface area contributed by atoms with Gasteiger partial charge in [-0.25, -0.2) is 0 Å². The number of nitrogens with one attached hydrogen (secondary N) is 1. The predicted octanol–water partition coefficient (Wildman–Crippen LogP) is 5.69. The van der Waals surface area contributed by atoms with Crippen molar-refractivity contribution in [3.63, 3.8) is 0 Å². The number of fused-ring (bicyclic) bond motifs is 1. The van der Waals surface area contributed by atoms with E-state index in [-0.39, 0.29) is 5.78 Å².